The molecule has 0 aliphatic rings. The Balaban J connectivity index is 2.70. The van der Waals surface area contributed by atoms with Crippen LogP contribution in [0.15, 0.2) is 11.2 Å². The molecule has 0 radical (unpaired) electrons. The van der Waals surface area contributed by atoms with Crippen LogP contribution in [0, 0.1) is 5.92 Å². The number of rotatable bonds is 3. The van der Waals surface area contributed by atoms with Gasteiger partial charge in [-0.1, -0.05) is 13.8 Å². The minimum absolute atomic E-state index is 0.250. The number of anilines is 1. The van der Waals surface area contributed by atoms with Gasteiger partial charge in [-0.2, -0.15) is 0 Å². The first-order chi connectivity index (χ1) is 6.09. The number of hydrogen-bond donors (Lipinski definition) is 1. The summed E-state index contributed by atoms with van der Waals surface area (Å²) in [5.74, 6) is 1.59. The van der Waals surface area contributed by atoms with Crippen LogP contribution in [0.2, 0.25) is 5.28 Å². The van der Waals surface area contributed by atoms with Gasteiger partial charge in [0.25, 0.3) is 0 Å². The highest BCUT2D eigenvalue weighted by atomic mass is 35.5. The third kappa shape index (κ3) is 3.40. The predicted octanol–water partition coefficient (Wildman–Crippen LogP) is 2.46. The van der Waals surface area contributed by atoms with Crippen molar-refractivity contribution in [3.05, 3.63) is 11.5 Å². The lowest BCUT2D eigenvalue weighted by Crippen LogP contribution is -1.97. The van der Waals surface area contributed by atoms with Crippen molar-refractivity contribution in [3.63, 3.8) is 0 Å². The predicted molar refractivity (Wildman–Crippen MR) is 57.0 cm³/mol. The zero-order valence-electron chi connectivity index (χ0n) is 7.62. The minimum Gasteiger partial charge on any atom is -0.395 e. The van der Waals surface area contributed by atoms with E-state index in [-0.39, 0.29) is 5.28 Å². The van der Waals surface area contributed by atoms with Gasteiger partial charge in [0.05, 0.1) is 11.9 Å². The molecule has 0 spiro atoms. The minimum atomic E-state index is 0.250. The molecule has 2 N–H and O–H groups in total. The van der Waals surface area contributed by atoms with Crippen LogP contribution in [-0.2, 0) is 0 Å². The fraction of sp³-hybridized carbons (Fsp3) is 0.500. The average Bonchev–Trinajstić information content (AvgIpc) is 2.06. The molecule has 1 aromatic heterocycles. The van der Waals surface area contributed by atoms with Gasteiger partial charge in [-0.15, -0.1) is 11.8 Å². The summed E-state index contributed by atoms with van der Waals surface area (Å²) in [4.78, 5) is 7.82. The Kier molecular flexibility index (Phi) is 3.81. The monoisotopic (exact) mass is 217 g/mol. The van der Waals surface area contributed by atoms with E-state index in [1.165, 1.54) is 6.20 Å². The van der Waals surface area contributed by atoms with Crippen molar-refractivity contribution >= 4 is 29.1 Å². The summed E-state index contributed by atoms with van der Waals surface area (Å²) in [5.41, 5.74) is 6.26. The second-order valence-corrected chi connectivity index (χ2v) is 4.45. The van der Waals surface area contributed by atoms with Crippen LogP contribution >= 0.6 is 23.4 Å². The quantitative estimate of drug-likeness (QED) is 0.480. The van der Waals surface area contributed by atoms with Gasteiger partial charge in [0.15, 0.2) is 0 Å². The summed E-state index contributed by atoms with van der Waals surface area (Å²) in [5, 5.41) is 1.02. The Labute approximate surface area is 87.1 Å². The first kappa shape index (κ1) is 10.6. The molecule has 1 rings (SSSR count). The summed E-state index contributed by atoms with van der Waals surface area (Å²) in [6.45, 7) is 4.29. The fourth-order valence-corrected chi connectivity index (χ4v) is 1.76. The molecule has 0 atom stereocenters. The Hall–Kier alpha value is -0.480. The van der Waals surface area contributed by atoms with Crippen molar-refractivity contribution < 1.29 is 0 Å². The number of hydrogen-bond acceptors (Lipinski definition) is 4. The van der Waals surface area contributed by atoms with E-state index in [0.717, 1.165) is 10.8 Å². The van der Waals surface area contributed by atoms with Crippen LogP contribution < -0.4 is 5.73 Å². The maximum Gasteiger partial charge on any atom is 0.223 e. The Morgan fingerprint density at radius 3 is 2.92 bits per heavy atom. The van der Waals surface area contributed by atoms with Crippen molar-refractivity contribution in [1.29, 1.82) is 0 Å². The number of thioether (sulfide) groups is 1. The van der Waals surface area contributed by atoms with Crippen molar-refractivity contribution in [2.45, 2.75) is 18.9 Å². The van der Waals surface area contributed by atoms with Crippen molar-refractivity contribution in [3.8, 4) is 0 Å². The molecule has 0 aliphatic heterocycles. The molecule has 0 saturated heterocycles. The van der Waals surface area contributed by atoms with E-state index >= 15 is 0 Å². The maximum absolute atomic E-state index is 5.67. The number of nitrogens with zero attached hydrogens (tertiary/aromatic N) is 2. The number of nitrogen functional groups attached to an aromatic ring is 1. The van der Waals surface area contributed by atoms with E-state index in [9.17, 15) is 0 Å². The van der Waals surface area contributed by atoms with Crippen LogP contribution in [0.5, 0.6) is 0 Å². The van der Waals surface area contributed by atoms with E-state index in [4.69, 9.17) is 17.3 Å². The zero-order chi connectivity index (χ0) is 9.84. The third-order valence-corrected chi connectivity index (χ3v) is 2.92. The molecule has 0 fully saturated rings. The normalized spacial score (nSPS) is 10.8. The molecular weight excluding hydrogens is 206 g/mol. The lowest BCUT2D eigenvalue weighted by Gasteiger charge is -2.05. The second kappa shape index (κ2) is 4.67. The second-order valence-electron chi connectivity index (χ2n) is 3.10. The van der Waals surface area contributed by atoms with Gasteiger partial charge in [-0.3, -0.25) is 0 Å². The van der Waals surface area contributed by atoms with Gasteiger partial charge in [0.1, 0.15) is 5.03 Å². The van der Waals surface area contributed by atoms with Gasteiger partial charge in [0, 0.05) is 5.75 Å². The molecule has 0 amide bonds. The van der Waals surface area contributed by atoms with Gasteiger partial charge in [0.2, 0.25) is 5.28 Å². The molecular formula is C8H12ClN3S. The van der Waals surface area contributed by atoms with Crippen LogP contribution in [0.4, 0.5) is 5.69 Å². The summed E-state index contributed by atoms with van der Waals surface area (Å²) < 4.78 is 0. The number of nitrogens with two attached hydrogens (primary N) is 1. The molecule has 3 nitrogen and oxygen atoms in total. The largest absolute Gasteiger partial charge is 0.395 e. The molecule has 0 aromatic carbocycles. The van der Waals surface area contributed by atoms with Gasteiger partial charge < -0.3 is 5.73 Å². The van der Waals surface area contributed by atoms with Gasteiger partial charge >= 0.3 is 0 Å². The molecule has 0 bridgehead atoms. The maximum atomic E-state index is 5.67. The van der Waals surface area contributed by atoms with E-state index in [1.54, 1.807) is 11.8 Å². The Morgan fingerprint density at radius 2 is 2.31 bits per heavy atom. The van der Waals surface area contributed by atoms with Crippen LogP contribution in [0.1, 0.15) is 13.8 Å². The van der Waals surface area contributed by atoms with Crippen LogP contribution in [-0.4, -0.2) is 15.7 Å². The smallest absolute Gasteiger partial charge is 0.223 e. The van der Waals surface area contributed by atoms with Crippen molar-refractivity contribution in [2.24, 2.45) is 5.92 Å². The van der Waals surface area contributed by atoms with E-state index in [1.807, 2.05) is 0 Å². The topological polar surface area (TPSA) is 51.8 Å². The highest BCUT2D eigenvalue weighted by Gasteiger charge is 2.04. The summed E-state index contributed by atoms with van der Waals surface area (Å²) >= 11 is 7.25. The number of aromatic nitrogens is 2. The fourth-order valence-electron chi connectivity index (χ4n) is 0.716. The Morgan fingerprint density at radius 1 is 1.62 bits per heavy atom. The van der Waals surface area contributed by atoms with Gasteiger partial charge in [-0.25, -0.2) is 9.97 Å². The molecule has 0 aliphatic carbocycles. The molecule has 0 saturated carbocycles. The van der Waals surface area contributed by atoms with E-state index < -0.39 is 0 Å². The first-order valence-electron chi connectivity index (χ1n) is 4.00. The lowest BCUT2D eigenvalue weighted by molar-refractivity contribution is 0.749. The van der Waals surface area contributed by atoms with Gasteiger partial charge in [-0.05, 0) is 17.5 Å². The molecule has 13 heavy (non-hydrogen) atoms. The summed E-state index contributed by atoms with van der Waals surface area (Å²) in [6, 6.07) is 0. The molecule has 1 aromatic rings. The highest BCUT2D eigenvalue weighted by Crippen LogP contribution is 2.24. The van der Waals surface area contributed by atoms with E-state index in [2.05, 4.69) is 23.8 Å². The highest BCUT2D eigenvalue weighted by molar-refractivity contribution is 7.99. The number of halogens is 1. The van der Waals surface area contributed by atoms with E-state index in [0.29, 0.717) is 11.6 Å². The third-order valence-electron chi connectivity index (χ3n) is 1.30. The SMILES string of the molecule is CC(C)CSc1nc(Cl)ncc1N. The summed E-state index contributed by atoms with van der Waals surface area (Å²) in [6.07, 6.45) is 1.54. The van der Waals surface area contributed by atoms with Crippen molar-refractivity contribution in [1.82, 2.24) is 9.97 Å². The standard InChI is InChI=1S/C8H12ClN3S/c1-5(2)4-13-7-6(10)3-11-8(9)12-7/h3,5H,4,10H2,1-2H3. The molecule has 1 heterocycles. The lowest BCUT2D eigenvalue weighted by atomic mass is 10.3. The van der Waals surface area contributed by atoms with Crippen molar-refractivity contribution in [2.75, 3.05) is 11.5 Å². The molecule has 5 heteroatoms. The molecule has 72 valence electrons. The van der Waals surface area contributed by atoms with Crippen LogP contribution in [0.3, 0.4) is 0 Å². The Bertz CT molecular complexity index is 291. The zero-order valence-corrected chi connectivity index (χ0v) is 9.19. The first-order valence-corrected chi connectivity index (χ1v) is 5.36. The summed E-state index contributed by atoms with van der Waals surface area (Å²) in [7, 11) is 0. The van der Waals surface area contributed by atoms with Crippen LogP contribution in [0.25, 0.3) is 0 Å². The molecule has 0 unspecified atom stereocenters. The average molecular weight is 218 g/mol.